The number of nitrogens with zero attached hydrogens (tertiary/aromatic N) is 3. The van der Waals surface area contributed by atoms with Crippen LogP contribution < -0.4 is 5.32 Å². The Kier molecular flexibility index (Phi) is 4.96. The van der Waals surface area contributed by atoms with Crippen LogP contribution in [0.15, 0.2) is 18.2 Å². The first-order valence-electron chi connectivity index (χ1n) is 11.5. The molecule has 1 aliphatic carbocycles. The fraction of sp³-hybridized carbons (Fsp3) is 0.583. The van der Waals surface area contributed by atoms with Crippen molar-refractivity contribution in [2.24, 2.45) is 0 Å². The van der Waals surface area contributed by atoms with Crippen molar-refractivity contribution in [3.05, 3.63) is 40.7 Å². The van der Waals surface area contributed by atoms with Gasteiger partial charge >= 0.3 is 6.09 Å². The Morgan fingerprint density at radius 3 is 2.74 bits per heavy atom. The Morgan fingerprint density at radius 2 is 2.06 bits per heavy atom. The van der Waals surface area contributed by atoms with Gasteiger partial charge in [0.1, 0.15) is 17.0 Å². The molecule has 31 heavy (non-hydrogen) atoms. The number of amides is 1. The highest BCUT2D eigenvalue weighted by atomic mass is 16.6. The summed E-state index contributed by atoms with van der Waals surface area (Å²) in [6.07, 6.45) is 4.88. The van der Waals surface area contributed by atoms with Crippen molar-refractivity contribution in [1.82, 2.24) is 20.0 Å². The van der Waals surface area contributed by atoms with Crippen LogP contribution in [0, 0.1) is 0 Å². The molecule has 1 unspecified atom stereocenters. The predicted octanol–water partition coefficient (Wildman–Crippen LogP) is 3.83. The molecule has 1 aromatic carbocycles. The van der Waals surface area contributed by atoms with E-state index in [1.165, 1.54) is 24.8 Å². The van der Waals surface area contributed by atoms with Gasteiger partial charge in [-0.15, -0.1) is 0 Å². The molecule has 5 rings (SSSR count). The second-order valence-electron chi connectivity index (χ2n) is 9.99. The summed E-state index contributed by atoms with van der Waals surface area (Å²) in [4.78, 5) is 14.7. The van der Waals surface area contributed by atoms with E-state index in [2.05, 4.69) is 11.4 Å². The largest absolute Gasteiger partial charge is 0.506 e. The fourth-order valence-electron chi connectivity index (χ4n) is 4.97. The minimum Gasteiger partial charge on any atom is -0.506 e. The molecule has 0 radical (unpaired) electrons. The second kappa shape index (κ2) is 7.55. The molecule has 0 spiro atoms. The average molecular weight is 425 g/mol. The van der Waals surface area contributed by atoms with Crippen LogP contribution in [-0.2, 0) is 17.6 Å². The van der Waals surface area contributed by atoms with Gasteiger partial charge in [-0.1, -0.05) is 12.5 Å². The molecule has 1 fully saturated rings. The molecule has 3 aliphatic rings. The average Bonchev–Trinajstić information content (AvgIpc) is 2.87. The number of rotatable bonds is 2. The molecule has 2 aromatic rings. The molecule has 7 nitrogen and oxygen atoms in total. The lowest BCUT2D eigenvalue weighted by atomic mass is 9.80. The Bertz CT molecular complexity index is 1000. The van der Waals surface area contributed by atoms with Crippen molar-refractivity contribution in [1.29, 1.82) is 0 Å². The van der Waals surface area contributed by atoms with Crippen molar-refractivity contribution >= 4 is 6.09 Å². The third-order valence-corrected chi connectivity index (χ3v) is 6.71. The highest BCUT2D eigenvalue weighted by Gasteiger charge is 2.39. The number of phenols is 1. The van der Waals surface area contributed by atoms with Gasteiger partial charge in [-0.3, -0.25) is 4.90 Å². The third kappa shape index (κ3) is 3.69. The lowest BCUT2D eigenvalue weighted by Gasteiger charge is -2.36. The summed E-state index contributed by atoms with van der Waals surface area (Å²) in [7, 11) is 0. The number of aromatic hydroxyl groups is 1. The summed E-state index contributed by atoms with van der Waals surface area (Å²) in [5, 5.41) is 19.2. The Balaban J connectivity index is 1.51. The molecule has 0 bridgehead atoms. The van der Waals surface area contributed by atoms with Gasteiger partial charge in [-0.25, -0.2) is 9.48 Å². The molecular formula is C24H32N4O3. The number of nitrogens with one attached hydrogen (secondary N) is 1. The van der Waals surface area contributed by atoms with Crippen LogP contribution in [0.25, 0.3) is 5.69 Å². The van der Waals surface area contributed by atoms with E-state index in [4.69, 9.17) is 9.84 Å². The summed E-state index contributed by atoms with van der Waals surface area (Å²) in [6, 6.07) is 5.93. The monoisotopic (exact) mass is 424 g/mol. The SMILES string of the molecule is CC(C)(C)OC(=O)N1CCc2c3c(nn2-c2ccc(C4CCC4)cc2O)CCNCC31. The Morgan fingerprint density at radius 1 is 1.26 bits per heavy atom. The molecule has 1 atom stereocenters. The van der Waals surface area contributed by atoms with Crippen LogP contribution in [-0.4, -0.2) is 51.1 Å². The minimum absolute atomic E-state index is 0.110. The number of hydrogen-bond acceptors (Lipinski definition) is 5. The van der Waals surface area contributed by atoms with Crippen molar-refractivity contribution in [2.45, 2.75) is 70.4 Å². The topological polar surface area (TPSA) is 79.6 Å². The number of carbonyl (C=O) groups excluding carboxylic acids is 1. The van der Waals surface area contributed by atoms with E-state index in [-0.39, 0.29) is 17.9 Å². The van der Waals surface area contributed by atoms with Gasteiger partial charge < -0.3 is 15.2 Å². The van der Waals surface area contributed by atoms with Gasteiger partial charge in [0.2, 0.25) is 0 Å². The highest BCUT2D eigenvalue weighted by molar-refractivity contribution is 5.70. The van der Waals surface area contributed by atoms with Crippen molar-refractivity contribution in [3.8, 4) is 11.4 Å². The van der Waals surface area contributed by atoms with Crippen molar-refractivity contribution in [2.75, 3.05) is 19.6 Å². The smallest absolute Gasteiger partial charge is 0.410 e. The van der Waals surface area contributed by atoms with E-state index in [0.717, 1.165) is 35.6 Å². The van der Waals surface area contributed by atoms with E-state index in [1.54, 1.807) is 0 Å². The first-order chi connectivity index (χ1) is 14.8. The molecule has 166 valence electrons. The van der Waals surface area contributed by atoms with Crippen LogP contribution in [0.2, 0.25) is 0 Å². The van der Waals surface area contributed by atoms with Gasteiger partial charge in [0, 0.05) is 38.0 Å². The zero-order valence-corrected chi connectivity index (χ0v) is 18.6. The van der Waals surface area contributed by atoms with Gasteiger partial charge in [0.25, 0.3) is 0 Å². The molecule has 0 saturated heterocycles. The van der Waals surface area contributed by atoms with E-state index in [1.807, 2.05) is 42.5 Å². The molecule has 2 N–H and O–H groups in total. The maximum absolute atomic E-state index is 12.9. The molecule has 1 aromatic heterocycles. The van der Waals surface area contributed by atoms with Gasteiger partial charge in [0.15, 0.2) is 0 Å². The van der Waals surface area contributed by atoms with Crippen LogP contribution in [0.5, 0.6) is 5.75 Å². The van der Waals surface area contributed by atoms with Crippen LogP contribution in [0.3, 0.4) is 0 Å². The number of ether oxygens (including phenoxy) is 1. The van der Waals surface area contributed by atoms with Crippen molar-refractivity contribution < 1.29 is 14.6 Å². The first kappa shape index (κ1) is 20.4. The summed E-state index contributed by atoms with van der Waals surface area (Å²) in [5.41, 5.74) is 4.62. The normalized spacial score (nSPS) is 21.3. The van der Waals surface area contributed by atoms with E-state index >= 15 is 0 Å². The number of phenolic OH excluding ortho intramolecular Hbond substituents is 1. The first-order valence-corrected chi connectivity index (χ1v) is 11.5. The molecule has 3 heterocycles. The molecule has 1 amide bonds. The predicted molar refractivity (Wildman–Crippen MR) is 118 cm³/mol. The standard InChI is InChI=1S/C24H32N4O3/c1-24(2,3)31-23(30)27-12-10-19-22-17(9-11-25-14-20(22)27)26-28(19)18-8-7-16(13-21(18)29)15-5-4-6-15/h7-8,13,15,20,25,29H,4-6,9-12,14H2,1-3H3. The second-order valence-corrected chi connectivity index (χ2v) is 9.99. The minimum atomic E-state index is -0.531. The summed E-state index contributed by atoms with van der Waals surface area (Å²) in [6.45, 7) is 7.74. The summed E-state index contributed by atoms with van der Waals surface area (Å²) < 4.78 is 7.60. The number of hydrogen-bond donors (Lipinski definition) is 2. The Hall–Kier alpha value is -2.54. The van der Waals surface area contributed by atoms with Gasteiger partial charge in [-0.05, 0) is 57.2 Å². The van der Waals surface area contributed by atoms with Gasteiger partial charge in [-0.2, -0.15) is 5.10 Å². The zero-order chi connectivity index (χ0) is 21.8. The van der Waals surface area contributed by atoms with Crippen LogP contribution >= 0.6 is 0 Å². The lowest BCUT2D eigenvalue weighted by Crippen LogP contribution is -2.46. The molecule has 2 aliphatic heterocycles. The number of benzene rings is 1. The number of carbonyl (C=O) groups is 1. The van der Waals surface area contributed by atoms with E-state index in [9.17, 15) is 9.90 Å². The molecular weight excluding hydrogens is 392 g/mol. The van der Waals surface area contributed by atoms with Crippen LogP contribution in [0.4, 0.5) is 4.79 Å². The molecule has 1 saturated carbocycles. The maximum atomic E-state index is 12.9. The summed E-state index contributed by atoms with van der Waals surface area (Å²) >= 11 is 0. The van der Waals surface area contributed by atoms with Crippen molar-refractivity contribution in [3.63, 3.8) is 0 Å². The number of aromatic nitrogens is 2. The lowest BCUT2D eigenvalue weighted by molar-refractivity contribution is 0.0142. The maximum Gasteiger partial charge on any atom is 0.410 e. The zero-order valence-electron chi connectivity index (χ0n) is 18.6. The highest BCUT2D eigenvalue weighted by Crippen LogP contribution is 2.40. The van der Waals surface area contributed by atoms with E-state index < -0.39 is 5.60 Å². The van der Waals surface area contributed by atoms with Crippen LogP contribution in [0.1, 0.15) is 74.5 Å². The quantitative estimate of drug-likeness (QED) is 0.766. The summed E-state index contributed by atoms with van der Waals surface area (Å²) in [5.74, 6) is 0.855. The Labute approximate surface area is 183 Å². The third-order valence-electron chi connectivity index (χ3n) is 6.71. The molecule has 7 heteroatoms. The van der Waals surface area contributed by atoms with E-state index in [0.29, 0.717) is 25.4 Å². The fourth-order valence-corrected chi connectivity index (χ4v) is 4.97. The van der Waals surface area contributed by atoms with Gasteiger partial charge in [0.05, 0.1) is 17.4 Å².